The second-order valence-corrected chi connectivity index (χ2v) is 4.69. The van der Waals surface area contributed by atoms with E-state index < -0.39 is 0 Å². The number of nitrogens with one attached hydrogen (secondary N) is 3. The van der Waals surface area contributed by atoms with Crippen LogP contribution in [0.15, 0.2) is 18.2 Å². The topological polar surface area (TPSA) is 96.2 Å². The van der Waals surface area contributed by atoms with Crippen LogP contribution in [0.2, 0.25) is 0 Å². The molecule has 5 N–H and O–H groups in total. The van der Waals surface area contributed by atoms with E-state index in [4.69, 9.17) is 5.73 Å². The molecule has 1 rings (SSSR count). The predicted molar refractivity (Wildman–Crippen MR) is 85.3 cm³/mol. The van der Waals surface area contributed by atoms with Crippen molar-refractivity contribution in [1.29, 1.82) is 0 Å². The molecular weight excluding hydrogens is 268 g/mol. The normalized spacial score (nSPS) is 10.0. The minimum Gasteiger partial charge on any atom is -0.399 e. The lowest BCUT2D eigenvalue weighted by atomic mass is 10.1. The number of anilines is 2. The number of carbonyl (C=O) groups is 2. The molecule has 21 heavy (non-hydrogen) atoms. The fourth-order valence-electron chi connectivity index (χ4n) is 1.83. The van der Waals surface area contributed by atoms with Gasteiger partial charge in [0, 0.05) is 37.4 Å². The fraction of sp³-hybridized carbons (Fsp3) is 0.467. The third kappa shape index (κ3) is 5.72. The van der Waals surface area contributed by atoms with Crippen molar-refractivity contribution in [2.24, 2.45) is 0 Å². The molecule has 0 aliphatic rings. The second kappa shape index (κ2) is 8.84. The van der Waals surface area contributed by atoms with Crippen LogP contribution in [0.25, 0.3) is 0 Å². The highest BCUT2D eigenvalue weighted by atomic mass is 16.2. The molecule has 6 nitrogen and oxygen atoms in total. The number of hydrogen-bond acceptors (Lipinski definition) is 4. The van der Waals surface area contributed by atoms with Crippen LogP contribution in [-0.4, -0.2) is 31.4 Å². The zero-order valence-corrected chi connectivity index (χ0v) is 12.7. The average Bonchev–Trinajstić information content (AvgIpc) is 2.45. The third-order valence-corrected chi connectivity index (χ3v) is 2.87. The Labute approximate surface area is 125 Å². The second-order valence-electron chi connectivity index (χ2n) is 4.69. The lowest BCUT2D eigenvalue weighted by Gasteiger charge is -2.12. The van der Waals surface area contributed by atoms with Crippen LogP contribution in [0.1, 0.15) is 37.0 Å². The monoisotopic (exact) mass is 292 g/mol. The molecule has 6 heteroatoms. The van der Waals surface area contributed by atoms with Crippen LogP contribution in [0.5, 0.6) is 0 Å². The number of hydrogen-bond donors (Lipinski definition) is 4. The predicted octanol–water partition coefficient (Wildman–Crippen LogP) is 1.35. The van der Waals surface area contributed by atoms with E-state index >= 15 is 0 Å². The van der Waals surface area contributed by atoms with Gasteiger partial charge in [-0.2, -0.15) is 0 Å². The SMILES string of the molecule is CCCNC(=O)CCNc1cc(N)ccc1C(=O)NCC. The molecule has 0 aliphatic carbocycles. The van der Waals surface area contributed by atoms with Gasteiger partial charge in [0.1, 0.15) is 0 Å². The van der Waals surface area contributed by atoms with Gasteiger partial charge >= 0.3 is 0 Å². The highest BCUT2D eigenvalue weighted by molar-refractivity contribution is 6.00. The molecule has 1 aromatic carbocycles. The van der Waals surface area contributed by atoms with Crippen molar-refractivity contribution in [2.75, 3.05) is 30.7 Å². The first kappa shape index (κ1) is 16.8. The van der Waals surface area contributed by atoms with Gasteiger partial charge in [0.2, 0.25) is 5.91 Å². The van der Waals surface area contributed by atoms with Crippen LogP contribution < -0.4 is 21.7 Å². The van der Waals surface area contributed by atoms with Crippen molar-refractivity contribution in [3.05, 3.63) is 23.8 Å². The lowest BCUT2D eigenvalue weighted by molar-refractivity contribution is -0.120. The maximum atomic E-state index is 11.9. The Morgan fingerprint density at radius 3 is 2.57 bits per heavy atom. The Balaban J connectivity index is 2.62. The van der Waals surface area contributed by atoms with Crippen LogP contribution in [0.3, 0.4) is 0 Å². The molecule has 0 aromatic heterocycles. The number of nitrogen functional groups attached to an aromatic ring is 1. The highest BCUT2D eigenvalue weighted by Crippen LogP contribution is 2.19. The number of nitrogens with two attached hydrogens (primary N) is 1. The van der Waals surface area contributed by atoms with Crippen molar-refractivity contribution in [3.8, 4) is 0 Å². The molecule has 0 fully saturated rings. The molecule has 1 aromatic rings. The van der Waals surface area contributed by atoms with Crippen LogP contribution in [0, 0.1) is 0 Å². The Morgan fingerprint density at radius 2 is 1.90 bits per heavy atom. The van der Waals surface area contributed by atoms with E-state index in [-0.39, 0.29) is 11.8 Å². The van der Waals surface area contributed by atoms with Crippen molar-refractivity contribution in [2.45, 2.75) is 26.7 Å². The number of carbonyl (C=O) groups excluding carboxylic acids is 2. The Hall–Kier alpha value is -2.24. The van der Waals surface area contributed by atoms with Crippen molar-refractivity contribution >= 4 is 23.2 Å². The molecule has 0 saturated heterocycles. The number of benzene rings is 1. The molecule has 0 unspecified atom stereocenters. The Morgan fingerprint density at radius 1 is 1.14 bits per heavy atom. The zero-order valence-electron chi connectivity index (χ0n) is 12.7. The van der Waals surface area contributed by atoms with Crippen LogP contribution >= 0.6 is 0 Å². The molecule has 0 aliphatic heterocycles. The van der Waals surface area contributed by atoms with Gasteiger partial charge in [-0.05, 0) is 31.5 Å². The van der Waals surface area contributed by atoms with Gasteiger partial charge in [0.25, 0.3) is 5.91 Å². The van der Waals surface area contributed by atoms with E-state index in [0.29, 0.717) is 43.0 Å². The summed E-state index contributed by atoms with van der Waals surface area (Å²) < 4.78 is 0. The standard InChI is InChI=1S/C15H24N4O2/c1-3-8-19-14(20)7-9-18-13-10-11(16)5-6-12(13)15(21)17-4-2/h5-6,10,18H,3-4,7-9,16H2,1-2H3,(H,17,21)(H,19,20). The minimum atomic E-state index is -0.157. The summed E-state index contributed by atoms with van der Waals surface area (Å²) in [6.45, 7) is 5.55. The van der Waals surface area contributed by atoms with E-state index in [9.17, 15) is 9.59 Å². The van der Waals surface area contributed by atoms with E-state index in [2.05, 4.69) is 16.0 Å². The van der Waals surface area contributed by atoms with Gasteiger partial charge in [0.15, 0.2) is 0 Å². The molecule has 2 amide bonds. The lowest BCUT2D eigenvalue weighted by Crippen LogP contribution is -2.27. The molecule has 0 atom stereocenters. The van der Waals surface area contributed by atoms with E-state index in [1.165, 1.54) is 0 Å². The van der Waals surface area contributed by atoms with Gasteiger partial charge in [-0.1, -0.05) is 6.92 Å². The summed E-state index contributed by atoms with van der Waals surface area (Å²) in [5.41, 5.74) is 7.49. The van der Waals surface area contributed by atoms with E-state index in [1.54, 1.807) is 18.2 Å². The van der Waals surface area contributed by atoms with E-state index in [1.807, 2.05) is 13.8 Å². The van der Waals surface area contributed by atoms with E-state index in [0.717, 1.165) is 6.42 Å². The van der Waals surface area contributed by atoms with Crippen molar-refractivity contribution in [1.82, 2.24) is 10.6 Å². The molecule has 116 valence electrons. The molecular formula is C15H24N4O2. The molecule has 0 spiro atoms. The van der Waals surface area contributed by atoms with Crippen molar-refractivity contribution < 1.29 is 9.59 Å². The zero-order chi connectivity index (χ0) is 15.7. The molecule has 0 saturated carbocycles. The summed E-state index contributed by atoms with van der Waals surface area (Å²) >= 11 is 0. The Bertz CT molecular complexity index is 489. The smallest absolute Gasteiger partial charge is 0.253 e. The summed E-state index contributed by atoms with van der Waals surface area (Å²) in [6.07, 6.45) is 1.26. The van der Waals surface area contributed by atoms with Gasteiger partial charge in [-0.15, -0.1) is 0 Å². The molecule has 0 heterocycles. The summed E-state index contributed by atoms with van der Waals surface area (Å²) in [7, 11) is 0. The van der Waals surface area contributed by atoms with Gasteiger partial charge in [0.05, 0.1) is 5.56 Å². The maximum absolute atomic E-state index is 11.9. The summed E-state index contributed by atoms with van der Waals surface area (Å²) in [5.74, 6) is -0.164. The first-order valence-corrected chi connectivity index (χ1v) is 7.26. The third-order valence-electron chi connectivity index (χ3n) is 2.87. The van der Waals surface area contributed by atoms with Gasteiger partial charge in [-0.25, -0.2) is 0 Å². The summed E-state index contributed by atoms with van der Waals surface area (Å²) in [5, 5.41) is 8.65. The first-order chi connectivity index (χ1) is 10.1. The van der Waals surface area contributed by atoms with Gasteiger partial charge < -0.3 is 21.7 Å². The van der Waals surface area contributed by atoms with Gasteiger partial charge in [-0.3, -0.25) is 9.59 Å². The summed E-state index contributed by atoms with van der Waals surface area (Å²) in [4.78, 5) is 23.5. The Kier molecular flexibility index (Phi) is 7.08. The average molecular weight is 292 g/mol. The van der Waals surface area contributed by atoms with Crippen molar-refractivity contribution in [3.63, 3.8) is 0 Å². The molecule has 0 bridgehead atoms. The highest BCUT2D eigenvalue weighted by Gasteiger charge is 2.11. The summed E-state index contributed by atoms with van der Waals surface area (Å²) in [6, 6.07) is 5.07. The largest absolute Gasteiger partial charge is 0.399 e. The number of amides is 2. The number of rotatable bonds is 8. The fourth-order valence-corrected chi connectivity index (χ4v) is 1.83. The van der Waals surface area contributed by atoms with Crippen LogP contribution in [0.4, 0.5) is 11.4 Å². The maximum Gasteiger partial charge on any atom is 0.253 e. The molecule has 0 radical (unpaired) electrons. The minimum absolute atomic E-state index is 0.00665. The first-order valence-electron chi connectivity index (χ1n) is 7.26. The quantitative estimate of drug-likeness (QED) is 0.544. The van der Waals surface area contributed by atoms with Crippen LogP contribution in [-0.2, 0) is 4.79 Å².